The third-order valence-corrected chi connectivity index (χ3v) is 5.36. The summed E-state index contributed by atoms with van der Waals surface area (Å²) in [5.74, 6) is -0.159. The van der Waals surface area contributed by atoms with E-state index in [1.54, 1.807) is 11.0 Å². The molecule has 2 aromatic carbocycles. The first-order valence-electron chi connectivity index (χ1n) is 9.70. The SMILES string of the molecule is O=C(OCc1ccccc1)N1C2C=C(CCc3ccccc3F)CC1COC2. The van der Waals surface area contributed by atoms with Gasteiger partial charge in [-0.2, -0.15) is 0 Å². The van der Waals surface area contributed by atoms with Crippen molar-refractivity contribution in [2.45, 2.75) is 38.0 Å². The smallest absolute Gasteiger partial charge is 0.411 e. The quantitative estimate of drug-likeness (QED) is 0.716. The number of carbonyl (C=O) groups is 1. The summed E-state index contributed by atoms with van der Waals surface area (Å²) in [5.41, 5.74) is 2.96. The van der Waals surface area contributed by atoms with E-state index in [4.69, 9.17) is 9.47 Å². The van der Waals surface area contributed by atoms with Crippen molar-refractivity contribution in [2.24, 2.45) is 0 Å². The normalized spacial score (nSPS) is 21.2. The van der Waals surface area contributed by atoms with Crippen LogP contribution in [0.15, 0.2) is 66.2 Å². The van der Waals surface area contributed by atoms with E-state index in [9.17, 15) is 9.18 Å². The molecule has 0 saturated carbocycles. The van der Waals surface area contributed by atoms with Crippen LogP contribution in [0.25, 0.3) is 0 Å². The van der Waals surface area contributed by atoms with E-state index in [0.717, 1.165) is 24.0 Å². The average molecular weight is 381 g/mol. The number of ether oxygens (including phenoxy) is 2. The van der Waals surface area contributed by atoms with Crippen LogP contribution in [0.3, 0.4) is 0 Å². The summed E-state index contributed by atoms with van der Waals surface area (Å²) in [6.07, 6.45) is 4.00. The average Bonchev–Trinajstić information content (AvgIpc) is 2.71. The van der Waals surface area contributed by atoms with Gasteiger partial charge in [-0.1, -0.05) is 60.2 Å². The monoisotopic (exact) mass is 381 g/mol. The second-order valence-corrected chi connectivity index (χ2v) is 7.33. The molecule has 2 aliphatic rings. The van der Waals surface area contributed by atoms with Crippen LogP contribution in [-0.4, -0.2) is 36.3 Å². The highest BCUT2D eigenvalue weighted by molar-refractivity contribution is 5.69. The van der Waals surface area contributed by atoms with Crippen LogP contribution in [0, 0.1) is 5.82 Å². The third-order valence-electron chi connectivity index (χ3n) is 5.36. The Morgan fingerprint density at radius 2 is 1.86 bits per heavy atom. The number of carbonyl (C=O) groups excluding carboxylic acids is 1. The van der Waals surface area contributed by atoms with Gasteiger partial charge in [0.2, 0.25) is 0 Å². The van der Waals surface area contributed by atoms with Crippen LogP contribution in [0.2, 0.25) is 0 Å². The molecule has 2 atom stereocenters. The van der Waals surface area contributed by atoms with Crippen molar-refractivity contribution in [1.29, 1.82) is 0 Å². The molecule has 1 amide bonds. The molecule has 0 aromatic heterocycles. The molecule has 2 bridgehead atoms. The Morgan fingerprint density at radius 1 is 1.07 bits per heavy atom. The van der Waals surface area contributed by atoms with Crippen LogP contribution >= 0.6 is 0 Å². The Hall–Kier alpha value is -2.66. The zero-order valence-electron chi connectivity index (χ0n) is 15.7. The first-order chi connectivity index (χ1) is 13.7. The topological polar surface area (TPSA) is 38.8 Å². The van der Waals surface area contributed by atoms with Gasteiger partial charge in [-0.25, -0.2) is 9.18 Å². The van der Waals surface area contributed by atoms with Crippen molar-refractivity contribution in [2.75, 3.05) is 13.2 Å². The molecule has 4 nitrogen and oxygen atoms in total. The summed E-state index contributed by atoms with van der Waals surface area (Å²) in [6, 6.07) is 16.4. The van der Waals surface area contributed by atoms with Gasteiger partial charge >= 0.3 is 6.09 Å². The van der Waals surface area contributed by atoms with Crippen LogP contribution < -0.4 is 0 Å². The summed E-state index contributed by atoms with van der Waals surface area (Å²) >= 11 is 0. The number of halogens is 1. The predicted octanol–water partition coefficient (Wildman–Crippen LogP) is 4.49. The Kier molecular flexibility index (Phi) is 5.72. The number of morpholine rings is 1. The molecule has 0 spiro atoms. The van der Waals surface area contributed by atoms with E-state index >= 15 is 0 Å². The number of rotatable bonds is 5. The van der Waals surface area contributed by atoms with Gasteiger partial charge in [0.05, 0.1) is 25.3 Å². The molecule has 28 heavy (non-hydrogen) atoms. The minimum Gasteiger partial charge on any atom is -0.445 e. The molecule has 2 aliphatic heterocycles. The van der Waals surface area contributed by atoms with E-state index in [0.29, 0.717) is 19.6 Å². The molecule has 146 valence electrons. The van der Waals surface area contributed by atoms with E-state index in [1.807, 2.05) is 42.5 Å². The molecule has 2 unspecified atom stereocenters. The number of fused-ring (bicyclic) bond motifs is 2. The number of hydrogen-bond donors (Lipinski definition) is 0. The van der Waals surface area contributed by atoms with E-state index < -0.39 is 0 Å². The maximum atomic E-state index is 13.9. The molecule has 5 heteroatoms. The lowest BCUT2D eigenvalue weighted by atomic mass is 9.91. The van der Waals surface area contributed by atoms with Gasteiger partial charge < -0.3 is 9.47 Å². The molecular formula is C23H24FNO3. The molecule has 1 saturated heterocycles. The van der Waals surface area contributed by atoms with Gasteiger partial charge in [-0.15, -0.1) is 0 Å². The van der Waals surface area contributed by atoms with Gasteiger partial charge in [0.1, 0.15) is 12.4 Å². The minimum atomic E-state index is -0.299. The van der Waals surface area contributed by atoms with Crippen molar-refractivity contribution < 1.29 is 18.7 Å². The van der Waals surface area contributed by atoms with Crippen molar-refractivity contribution >= 4 is 6.09 Å². The highest BCUT2D eigenvalue weighted by Gasteiger charge is 2.38. The lowest BCUT2D eigenvalue weighted by molar-refractivity contribution is -0.0375. The van der Waals surface area contributed by atoms with Crippen molar-refractivity contribution in [3.05, 3.63) is 83.2 Å². The summed E-state index contributed by atoms with van der Waals surface area (Å²) in [5, 5.41) is 0. The van der Waals surface area contributed by atoms with Gasteiger partial charge in [-0.05, 0) is 36.5 Å². The van der Waals surface area contributed by atoms with Crippen molar-refractivity contribution in [1.82, 2.24) is 4.90 Å². The lowest BCUT2D eigenvalue weighted by Crippen LogP contribution is -2.56. The summed E-state index contributed by atoms with van der Waals surface area (Å²) in [6.45, 7) is 1.24. The molecule has 2 heterocycles. The maximum Gasteiger partial charge on any atom is 0.411 e. The molecule has 0 N–H and O–H groups in total. The Balaban J connectivity index is 1.39. The zero-order chi connectivity index (χ0) is 19.3. The first-order valence-corrected chi connectivity index (χ1v) is 9.70. The molecule has 1 fully saturated rings. The van der Waals surface area contributed by atoms with E-state index in [-0.39, 0.29) is 30.6 Å². The highest BCUT2D eigenvalue weighted by Crippen LogP contribution is 2.30. The summed E-state index contributed by atoms with van der Waals surface area (Å²) in [4.78, 5) is 14.5. The molecule has 4 rings (SSSR count). The fourth-order valence-corrected chi connectivity index (χ4v) is 3.94. The zero-order valence-corrected chi connectivity index (χ0v) is 15.7. The number of amides is 1. The largest absolute Gasteiger partial charge is 0.445 e. The van der Waals surface area contributed by atoms with Crippen LogP contribution in [0.5, 0.6) is 0 Å². The third kappa shape index (κ3) is 4.25. The van der Waals surface area contributed by atoms with Gasteiger partial charge in [0.25, 0.3) is 0 Å². The van der Waals surface area contributed by atoms with Crippen LogP contribution in [0.1, 0.15) is 24.0 Å². The number of hydrogen-bond acceptors (Lipinski definition) is 3. The molecule has 2 aromatic rings. The fourth-order valence-electron chi connectivity index (χ4n) is 3.94. The second-order valence-electron chi connectivity index (χ2n) is 7.33. The van der Waals surface area contributed by atoms with Crippen molar-refractivity contribution in [3.63, 3.8) is 0 Å². The number of nitrogens with zero attached hydrogens (tertiary/aromatic N) is 1. The van der Waals surface area contributed by atoms with E-state index in [1.165, 1.54) is 11.6 Å². The molecule has 0 radical (unpaired) electrons. The maximum absolute atomic E-state index is 13.9. The first kappa shape index (κ1) is 18.7. The molecule has 0 aliphatic carbocycles. The lowest BCUT2D eigenvalue weighted by Gasteiger charge is -2.43. The van der Waals surface area contributed by atoms with Crippen LogP contribution in [-0.2, 0) is 22.5 Å². The Bertz CT molecular complexity index is 852. The summed E-state index contributed by atoms with van der Waals surface area (Å²) in [7, 11) is 0. The van der Waals surface area contributed by atoms with E-state index in [2.05, 4.69) is 6.08 Å². The van der Waals surface area contributed by atoms with Gasteiger partial charge in [-0.3, -0.25) is 4.90 Å². The number of aryl methyl sites for hydroxylation is 1. The van der Waals surface area contributed by atoms with Crippen LogP contribution in [0.4, 0.5) is 9.18 Å². The van der Waals surface area contributed by atoms with Crippen molar-refractivity contribution in [3.8, 4) is 0 Å². The Morgan fingerprint density at radius 3 is 2.64 bits per heavy atom. The Labute approximate surface area is 164 Å². The standard InChI is InChI=1S/C23H24FNO3/c24-22-9-5-4-8-19(22)11-10-18-12-20-15-27-16-21(13-18)25(20)23(26)28-14-17-6-2-1-3-7-17/h1-9,12,20-21H,10-11,13-16H2. The fraction of sp³-hybridized carbons (Fsp3) is 0.348. The summed E-state index contributed by atoms with van der Waals surface area (Å²) < 4.78 is 25.1. The minimum absolute atomic E-state index is 0.0253. The highest BCUT2D eigenvalue weighted by atomic mass is 19.1. The predicted molar refractivity (Wildman–Crippen MR) is 104 cm³/mol. The van der Waals surface area contributed by atoms with Gasteiger partial charge in [0.15, 0.2) is 0 Å². The molecular weight excluding hydrogens is 357 g/mol. The van der Waals surface area contributed by atoms with Gasteiger partial charge in [0, 0.05) is 0 Å². The number of benzene rings is 2. The second kappa shape index (κ2) is 8.57.